The number of nitrogens with zero attached hydrogens (tertiary/aromatic N) is 2. The minimum Gasteiger partial charge on any atom is -0.369 e. The Labute approximate surface area is 135 Å². The van der Waals surface area contributed by atoms with Crippen LogP contribution >= 0.6 is 0 Å². The van der Waals surface area contributed by atoms with Gasteiger partial charge in [0.05, 0.1) is 0 Å². The van der Waals surface area contributed by atoms with Crippen molar-refractivity contribution in [1.82, 2.24) is 9.88 Å². The number of hydrogen-bond donors (Lipinski definition) is 1. The third-order valence-corrected chi connectivity index (χ3v) is 4.59. The Morgan fingerprint density at radius 2 is 1.70 bits per heavy atom. The molecule has 1 aliphatic heterocycles. The molecule has 0 radical (unpaired) electrons. The van der Waals surface area contributed by atoms with Crippen LogP contribution in [0.2, 0.25) is 0 Å². The quantitative estimate of drug-likeness (QED) is 0.798. The first-order valence-corrected chi connectivity index (χ1v) is 8.07. The van der Waals surface area contributed by atoms with E-state index in [2.05, 4.69) is 39.0 Å². The number of H-pyrrole nitrogens is 1. The first-order valence-electron chi connectivity index (χ1n) is 8.07. The number of halogens is 1. The summed E-state index contributed by atoms with van der Waals surface area (Å²) in [4.78, 5) is 8.04. The van der Waals surface area contributed by atoms with Gasteiger partial charge in [-0.15, -0.1) is 0 Å². The predicted octanol–water partition coefficient (Wildman–Crippen LogP) is 3.63. The van der Waals surface area contributed by atoms with E-state index in [4.69, 9.17) is 0 Å². The lowest BCUT2D eigenvalue weighted by atomic mass is 10.1. The molecular weight excluding hydrogens is 289 g/mol. The Morgan fingerprint density at radius 3 is 2.48 bits per heavy atom. The van der Waals surface area contributed by atoms with Gasteiger partial charge in [0, 0.05) is 50.1 Å². The van der Waals surface area contributed by atoms with Gasteiger partial charge in [0.25, 0.3) is 0 Å². The molecule has 0 bridgehead atoms. The van der Waals surface area contributed by atoms with Crippen LogP contribution in [0, 0.1) is 5.82 Å². The van der Waals surface area contributed by atoms with Gasteiger partial charge in [-0.25, -0.2) is 4.39 Å². The Kier molecular flexibility index (Phi) is 3.75. The SMILES string of the molecule is Fc1ccc(N2CCN(Cc3ccc4[nH]ccc4c3)CC2)cc1. The lowest BCUT2D eigenvalue weighted by Gasteiger charge is -2.36. The van der Waals surface area contributed by atoms with Gasteiger partial charge < -0.3 is 9.88 Å². The zero-order valence-corrected chi connectivity index (χ0v) is 13.0. The highest BCUT2D eigenvalue weighted by atomic mass is 19.1. The largest absolute Gasteiger partial charge is 0.369 e. The van der Waals surface area contributed by atoms with Crippen molar-refractivity contribution < 1.29 is 4.39 Å². The van der Waals surface area contributed by atoms with E-state index in [1.54, 1.807) is 0 Å². The van der Waals surface area contributed by atoms with Gasteiger partial charge >= 0.3 is 0 Å². The normalized spacial score (nSPS) is 16.1. The molecule has 2 aromatic carbocycles. The monoisotopic (exact) mass is 309 g/mol. The van der Waals surface area contributed by atoms with E-state index in [1.807, 2.05) is 18.3 Å². The first kappa shape index (κ1) is 14.3. The molecule has 1 saturated heterocycles. The second-order valence-electron chi connectivity index (χ2n) is 6.14. The molecule has 1 aromatic heterocycles. The van der Waals surface area contributed by atoms with E-state index in [0.717, 1.165) is 38.4 Å². The maximum Gasteiger partial charge on any atom is 0.123 e. The summed E-state index contributed by atoms with van der Waals surface area (Å²) < 4.78 is 13.0. The third-order valence-electron chi connectivity index (χ3n) is 4.59. The fourth-order valence-electron chi connectivity index (χ4n) is 3.28. The Balaban J connectivity index is 1.38. The van der Waals surface area contributed by atoms with Gasteiger partial charge in [-0.05, 0) is 53.4 Å². The lowest BCUT2D eigenvalue weighted by Crippen LogP contribution is -2.45. The first-order chi connectivity index (χ1) is 11.3. The number of hydrogen-bond acceptors (Lipinski definition) is 2. The number of nitrogens with one attached hydrogen (secondary N) is 1. The van der Waals surface area contributed by atoms with Crippen LogP contribution in [0.25, 0.3) is 10.9 Å². The van der Waals surface area contributed by atoms with Crippen molar-refractivity contribution in [2.75, 3.05) is 31.1 Å². The summed E-state index contributed by atoms with van der Waals surface area (Å²) in [5.41, 5.74) is 3.65. The summed E-state index contributed by atoms with van der Waals surface area (Å²) in [6.45, 7) is 5.01. The van der Waals surface area contributed by atoms with Crippen molar-refractivity contribution in [2.24, 2.45) is 0 Å². The minimum absolute atomic E-state index is 0.174. The molecule has 0 aliphatic carbocycles. The van der Waals surface area contributed by atoms with Crippen LogP contribution in [0.4, 0.5) is 10.1 Å². The van der Waals surface area contributed by atoms with Crippen LogP contribution in [-0.4, -0.2) is 36.1 Å². The molecule has 4 rings (SSSR count). The predicted molar refractivity (Wildman–Crippen MR) is 92.2 cm³/mol. The fourth-order valence-corrected chi connectivity index (χ4v) is 3.28. The number of benzene rings is 2. The molecule has 0 atom stereocenters. The van der Waals surface area contributed by atoms with Crippen molar-refractivity contribution in [3.63, 3.8) is 0 Å². The summed E-state index contributed by atoms with van der Waals surface area (Å²) in [6, 6.07) is 15.5. The van der Waals surface area contributed by atoms with Crippen molar-refractivity contribution in [3.8, 4) is 0 Å². The van der Waals surface area contributed by atoms with Crippen LogP contribution in [0.3, 0.4) is 0 Å². The second kappa shape index (κ2) is 6.05. The number of aromatic amines is 1. The van der Waals surface area contributed by atoms with Crippen LogP contribution in [0.1, 0.15) is 5.56 Å². The number of fused-ring (bicyclic) bond motifs is 1. The van der Waals surface area contributed by atoms with Gasteiger partial charge in [-0.3, -0.25) is 4.90 Å². The molecule has 4 heteroatoms. The number of anilines is 1. The van der Waals surface area contributed by atoms with Crippen molar-refractivity contribution in [3.05, 3.63) is 66.1 Å². The fraction of sp³-hybridized carbons (Fsp3) is 0.263. The lowest BCUT2D eigenvalue weighted by molar-refractivity contribution is 0.250. The van der Waals surface area contributed by atoms with E-state index in [-0.39, 0.29) is 5.82 Å². The molecule has 1 fully saturated rings. The van der Waals surface area contributed by atoms with Crippen molar-refractivity contribution in [1.29, 1.82) is 0 Å². The molecule has 0 saturated carbocycles. The average molecular weight is 309 g/mol. The van der Waals surface area contributed by atoms with Gasteiger partial charge in [-0.1, -0.05) is 6.07 Å². The third kappa shape index (κ3) is 3.08. The summed E-state index contributed by atoms with van der Waals surface area (Å²) in [5, 5.41) is 1.27. The molecule has 0 spiro atoms. The van der Waals surface area contributed by atoms with Crippen molar-refractivity contribution in [2.45, 2.75) is 6.54 Å². The second-order valence-corrected chi connectivity index (χ2v) is 6.14. The molecule has 3 aromatic rings. The topological polar surface area (TPSA) is 22.3 Å². The molecule has 23 heavy (non-hydrogen) atoms. The van der Waals surface area contributed by atoms with Gasteiger partial charge in [0.15, 0.2) is 0 Å². The van der Waals surface area contributed by atoms with Crippen LogP contribution in [0.15, 0.2) is 54.7 Å². The highest BCUT2D eigenvalue weighted by molar-refractivity contribution is 5.79. The molecule has 2 heterocycles. The molecular formula is C19H20FN3. The van der Waals surface area contributed by atoms with Crippen LogP contribution in [0.5, 0.6) is 0 Å². The zero-order chi connectivity index (χ0) is 15.6. The molecule has 3 nitrogen and oxygen atoms in total. The summed E-state index contributed by atoms with van der Waals surface area (Å²) in [5.74, 6) is -0.174. The Hall–Kier alpha value is -2.33. The summed E-state index contributed by atoms with van der Waals surface area (Å²) in [7, 11) is 0. The van der Waals surface area contributed by atoms with E-state index in [9.17, 15) is 4.39 Å². The Bertz CT molecular complexity index is 786. The standard InChI is InChI=1S/C19H20FN3/c20-17-2-4-18(5-3-17)23-11-9-22(10-12-23)14-15-1-6-19-16(13-15)7-8-21-19/h1-8,13,21H,9-12,14H2. The molecule has 118 valence electrons. The van der Waals surface area contributed by atoms with Crippen LogP contribution in [-0.2, 0) is 6.54 Å². The number of piperazine rings is 1. The Morgan fingerprint density at radius 1 is 0.913 bits per heavy atom. The summed E-state index contributed by atoms with van der Waals surface area (Å²) >= 11 is 0. The smallest absolute Gasteiger partial charge is 0.123 e. The number of rotatable bonds is 3. The molecule has 0 unspecified atom stereocenters. The minimum atomic E-state index is -0.174. The zero-order valence-electron chi connectivity index (χ0n) is 13.0. The van der Waals surface area contributed by atoms with E-state index in [0.29, 0.717) is 0 Å². The van der Waals surface area contributed by atoms with Gasteiger partial charge in [0.1, 0.15) is 5.82 Å². The maximum atomic E-state index is 13.0. The molecule has 0 amide bonds. The van der Waals surface area contributed by atoms with Gasteiger partial charge in [-0.2, -0.15) is 0 Å². The van der Waals surface area contributed by atoms with E-state index >= 15 is 0 Å². The molecule has 1 aliphatic rings. The van der Waals surface area contributed by atoms with E-state index in [1.165, 1.54) is 28.6 Å². The van der Waals surface area contributed by atoms with Crippen molar-refractivity contribution >= 4 is 16.6 Å². The van der Waals surface area contributed by atoms with E-state index < -0.39 is 0 Å². The average Bonchev–Trinajstić information content (AvgIpc) is 3.04. The highest BCUT2D eigenvalue weighted by Crippen LogP contribution is 2.19. The maximum absolute atomic E-state index is 13.0. The summed E-state index contributed by atoms with van der Waals surface area (Å²) in [6.07, 6.45) is 1.98. The van der Waals surface area contributed by atoms with Gasteiger partial charge in [0.2, 0.25) is 0 Å². The highest BCUT2D eigenvalue weighted by Gasteiger charge is 2.17. The van der Waals surface area contributed by atoms with Crippen LogP contribution < -0.4 is 4.90 Å². The molecule has 1 N–H and O–H groups in total. The number of aromatic nitrogens is 1.